The van der Waals surface area contributed by atoms with E-state index in [1.165, 1.54) is 89.9 Å². The zero-order valence-electron chi connectivity index (χ0n) is 49.7. The number of phosphoric acid groups is 1. The van der Waals surface area contributed by atoms with E-state index in [1.54, 1.807) is 0 Å². The number of amides is 1. The number of esters is 1. The van der Waals surface area contributed by atoms with Crippen molar-refractivity contribution in [3.05, 3.63) is 109 Å². The lowest BCUT2D eigenvalue weighted by Gasteiger charge is -2.30. The maximum absolute atomic E-state index is 13.5. The third-order valence-corrected chi connectivity index (χ3v) is 13.9. The Morgan fingerprint density at radius 3 is 1.30 bits per heavy atom. The summed E-state index contributed by atoms with van der Waals surface area (Å²) in [4.78, 5) is 39.9. The number of allylic oxidation sites excluding steroid dienone is 17. The van der Waals surface area contributed by atoms with Gasteiger partial charge in [-0.25, -0.2) is 0 Å². The normalized spacial score (nSPS) is 14.5. The second-order valence-electron chi connectivity index (χ2n) is 21.5. The molecule has 1 N–H and O–H groups in total. The molecule has 0 saturated carbocycles. The highest BCUT2D eigenvalue weighted by Crippen LogP contribution is 2.38. The van der Waals surface area contributed by atoms with Gasteiger partial charge in [0.05, 0.1) is 33.8 Å². The van der Waals surface area contributed by atoms with Crippen LogP contribution in [0.1, 0.15) is 245 Å². The van der Waals surface area contributed by atoms with E-state index in [1.807, 2.05) is 33.3 Å². The van der Waals surface area contributed by atoms with Gasteiger partial charge in [-0.2, -0.15) is 0 Å². The highest BCUT2D eigenvalue weighted by Gasteiger charge is 2.27. The Balaban J connectivity index is 5.27. The molecule has 0 aliphatic carbocycles. The van der Waals surface area contributed by atoms with Gasteiger partial charge in [-0.1, -0.05) is 227 Å². The standard InChI is InChI=1S/C66H115N2O7P/c1-7-10-13-16-19-22-25-27-29-31-32-33-34-35-36-37-39-41-44-47-50-53-56-59-66(70)75-64(57-54-51-48-45-42-24-21-18-15-12-9-3)63(62-74-76(71,72)73-61-60-68(4,5)6)67-65(69)58-55-52-49-46-43-40-38-30-28-26-23-20-17-14-11-8-2/h11,14,19-20,22-23,27-30,32-33,35-36,40,43,54,57,63-64H,7-10,12-13,15-18,21,24-26,31,34,37-39,41-42,44-53,55-56,58-62H2,1-6H3,(H-,67,69,71,72)/b14-11+,22-19-,23-20+,29-27-,30-28+,33-32-,36-35-,43-40+,57-54-. The molecule has 0 aromatic heterocycles. The summed E-state index contributed by atoms with van der Waals surface area (Å²) < 4.78 is 30.2. The molecular formula is C66H115N2O7P. The molecule has 0 aromatic rings. The molecule has 0 radical (unpaired) electrons. The van der Waals surface area contributed by atoms with Crippen LogP contribution in [0.25, 0.3) is 0 Å². The van der Waals surface area contributed by atoms with Crippen molar-refractivity contribution in [3.8, 4) is 0 Å². The van der Waals surface area contributed by atoms with Gasteiger partial charge in [-0.05, 0) is 115 Å². The van der Waals surface area contributed by atoms with Crippen LogP contribution in [0.15, 0.2) is 109 Å². The lowest BCUT2D eigenvalue weighted by molar-refractivity contribution is -0.870. The summed E-state index contributed by atoms with van der Waals surface area (Å²) in [7, 11) is 1.14. The number of hydrogen-bond acceptors (Lipinski definition) is 7. The smallest absolute Gasteiger partial charge is 0.306 e. The predicted molar refractivity (Wildman–Crippen MR) is 325 cm³/mol. The van der Waals surface area contributed by atoms with Crippen molar-refractivity contribution >= 4 is 19.7 Å². The number of carbonyl (C=O) groups is 2. The van der Waals surface area contributed by atoms with Crippen LogP contribution in [0, 0.1) is 0 Å². The molecule has 0 heterocycles. The van der Waals surface area contributed by atoms with Crippen molar-refractivity contribution in [2.75, 3.05) is 40.9 Å². The molecule has 0 saturated heterocycles. The largest absolute Gasteiger partial charge is 0.756 e. The molecular weight excluding hydrogens is 964 g/mol. The van der Waals surface area contributed by atoms with Crippen LogP contribution >= 0.6 is 7.82 Å². The van der Waals surface area contributed by atoms with Crippen molar-refractivity contribution in [2.24, 2.45) is 0 Å². The number of nitrogens with zero attached hydrogens (tertiary/aromatic N) is 1. The van der Waals surface area contributed by atoms with E-state index in [2.05, 4.69) is 123 Å². The van der Waals surface area contributed by atoms with Gasteiger partial charge in [0.25, 0.3) is 7.82 Å². The van der Waals surface area contributed by atoms with Crippen LogP contribution in [0.5, 0.6) is 0 Å². The second kappa shape index (κ2) is 55.0. The summed E-state index contributed by atoms with van der Waals surface area (Å²) in [5.74, 6) is -0.597. The van der Waals surface area contributed by atoms with Crippen LogP contribution < -0.4 is 10.2 Å². The first-order chi connectivity index (χ1) is 36.9. The molecule has 1 amide bonds. The highest BCUT2D eigenvalue weighted by atomic mass is 31.2. The van der Waals surface area contributed by atoms with Crippen LogP contribution in [0.2, 0.25) is 0 Å². The summed E-state index contributed by atoms with van der Waals surface area (Å²) in [6.07, 6.45) is 74.9. The number of quaternary nitrogens is 1. The third-order valence-electron chi connectivity index (χ3n) is 12.9. The van der Waals surface area contributed by atoms with Crippen molar-refractivity contribution in [2.45, 2.75) is 258 Å². The molecule has 3 atom stereocenters. The Kier molecular flexibility index (Phi) is 52.6. The Morgan fingerprint density at radius 1 is 0.474 bits per heavy atom. The third kappa shape index (κ3) is 55.4. The number of rotatable bonds is 54. The van der Waals surface area contributed by atoms with E-state index in [0.29, 0.717) is 23.9 Å². The quantitative estimate of drug-likeness (QED) is 0.0212. The maximum Gasteiger partial charge on any atom is 0.306 e. The Bertz CT molecular complexity index is 1670. The number of ether oxygens (including phenoxy) is 1. The zero-order valence-corrected chi connectivity index (χ0v) is 50.6. The molecule has 436 valence electrons. The molecule has 9 nitrogen and oxygen atoms in total. The number of likely N-dealkylation sites (N-methyl/N-ethyl adjacent to an activating group) is 1. The van der Waals surface area contributed by atoms with Gasteiger partial charge in [0.2, 0.25) is 5.91 Å². The lowest BCUT2D eigenvalue weighted by Crippen LogP contribution is -2.47. The molecule has 0 aliphatic heterocycles. The summed E-state index contributed by atoms with van der Waals surface area (Å²) in [5.41, 5.74) is 0. The Labute approximate surface area is 468 Å². The fourth-order valence-electron chi connectivity index (χ4n) is 8.20. The molecule has 0 aliphatic rings. The van der Waals surface area contributed by atoms with Gasteiger partial charge in [0.1, 0.15) is 19.3 Å². The van der Waals surface area contributed by atoms with Gasteiger partial charge in [-0.3, -0.25) is 14.2 Å². The number of hydrogen-bond donors (Lipinski definition) is 1. The topological polar surface area (TPSA) is 114 Å². The van der Waals surface area contributed by atoms with Gasteiger partial charge in [0.15, 0.2) is 0 Å². The minimum atomic E-state index is -4.71. The van der Waals surface area contributed by atoms with E-state index in [9.17, 15) is 19.0 Å². The van der Waals surface area contributed by atoms with Gasteiger partial charge in [0, 0.05) is 12.8 Å². The molecule has 0 rings (SSSR count). The first-order valence-electron chi connectivity index (χ1n) is 30.7. The molecule has 3 unspecified atom stereocenters. The molecule has 76 heavy (non-hydrogen) atoms. The van der Waals surface area contributed by atoms with Crippen molar-refractivity contribution < 1.29 is 37.3 Å². The van der Waals surface area contributed by atoms with Gasteiger partial charge in [-0.15, -0.1) is 0 Å². The summed E-state index contributed by atoms with van der Waals surface area (Å²) >= 11 is 0. The molecule has 0 bridgehead atoms. The van der Waals surface area contributed by atoms with Crippen LogP contribution in [-0.2, 0) is 27.9 Å². The summed E-state index contributed by atoms with van der Waals surface area (Å²) in [5, 5.41) is 3.00. The average Bonchev–Trinajstić information content (AvgIpc) is 3.38. The summed E-state index contributed by atoms with van der Waals surface area (Å²) in [6, 6.07) is -0.916. The fraction of sp³-hybridized carbons (Fsp3) is 0.697. The second-order valence-corrected chi connectivity index (χ2v) is 22.9. The minimum absolute atomic E-state index is 0.0363. The number of unbranched alkanes of at least 4 members (excludes halogenated alkanes) is 22. The lowest BCUT2D eigenvalue weighted by atomic mass is 10.1. The van der Waals surface area contributed by atoms with Gasteiger partial charge >= 0.3 is 5.97 Å². The van der Waals surface area contributed by atoms with E-state index in [0.717, 1.165) is 109 Å². The monoisotopic (exact) mass is 1080 g/mol. The molecule has 0 spiro atoms. The number of nitrogens with one attached hydrogen (secondary N) is 1. The first kappa shape index (κ1) is 72.7. The molecule has 0 fully saturated rings. The van der Waals surface area contributed by atoms with Crippen molar-refractivity contribution in [3.63, 3.8) is 0 Å². The highest BCUT2D eigenvalue weighted by molar-refractivity contribution is 7.45. The average molecular weight is 1080 g/mol. The van der Waals surface area contributed by atoms with Gasteiger partial charge < -0.3 is 28.5 Å². The first-order valence-corrected chi connectivity index (χ1v) is 32.2. The molecule has 10 heteroatoms. The molecule has 0 aromatic carbocycles. The Hall–Kier alpha value is -3.33. The van der Waals surface area contributed by atoms with Crippen molar-refractivity contribution in [1.29, 1.82) is 0 Å². The number of carbonyl (C=O) groups excluding carboxylic acids is 2. The van der Waals surface area contributed by atoms with Crippen LogP contribution in [0.3, 0.4) is 0 Å². The van der Waals surface area contributed by atoms with Crippen LogP contribution in [-0.4, -0.2) is 69.4 Å². The maximum atomic E-state index is 13.5. The zero-order chi connectivity index (χ0) is 55.7. The van der Waals surface area contributed by atoms with E-state index < -0.39 is 26.6 Å². The minimum Gasteiger partial charge on any atom is -0.756 e. The van der Waals surface area contributed by atoms with E-state index in [4.69, 9.17) is 13.8 Å². The fourth-order valence-corrected chi connectivity index (χ4v) is 8.92. The predicted octanol–water partition coefficient (Wildman–Crippen LogP) is 18.3. The van der Waals surface area contributed by atoms with E-state index in [-0.39, 0.29) is 31.3 Å². The Morgan fingerprint density at radius 2 is 0.842 bits per heavy atom. The SMILES string of the molecule is CC/C=C/C/C=C/C/C=C/C/C=C/CCCCCC(=O)NC(COP(=O)([O-])OCC[N+](C)(C)C)C(/C=C\CCCCCCCCCCC)OC(=O)CCCCCCCCC/C=C\C/C=C\C/C=C\C/C=C\CCCCC. The van der Waals surface area contributed by atoms with Crippen molar-refractivity contribution in [1.82, 2.24) is 5.32 Å². The summed E-state index contributed by atoms with van der Waals surface area (Å²) in [6.45, 7) is 6.65. The van der Waals surface area contributed by atoms with Crippen LogP contribution in [0.4, 0.5) is 0 Å². The van der Waals surface area contributed by atoms with E-state index >= 15 is 0 Å². The number of phosphoric ester groups is 1.